The van der Waals surface area contributed by atoms with Gasteiger partial charge in [0.2, 0.25) is 0 Å². The van der Waals surface area contributed by atoms with Crippen LogP contribution in [-0.2, 0) is 12.7 Å². The zero-order chi connectivity index (χ0) is 13.2. The Bertz CT molecular complexity index is 542. The molecule has 0 aliphatic heterocycles. The van der Waals surface area contributed by atoms with E-state index in [1.54, 1.807) is 6.07 Å². The summed E-state index contributed by atoms with van der Waals surface area (Å²) in [5.41, 5.74) is 6.17. The van der Waals surface area contributed by atoms with Crippen LogP contribution >= 0.6 is 12.4 Å². The van der Waals surface area contributed by atoms with E-state index in [2.05, 4.69) is 15.2 Å². The van der Waals surface area contributed by atoms with E-state index in [1.807, 2.05) is 0 Å². The number of rotatable bonds is 2. The van der Waals surface area contributed by atoms with Crippen LogP contribution in [0.15, 0.2) is 30.6 Å². The number of nitrogens with two attached hydrogens (primary N) is 1. The Morgan fingerprint density at radius 3 is 2.42 bits per heavy atom. The van der Waals surface area contributed by atoms with Crippen molar-refractivity contribution in [3.63, 3.8) is 0 Å². The number of nitrogens with zero attached hydrogens (tertiary/aromatic N) is 3. The molecule has 2 heterocycles. The van der Waals surface area contributed by atoms with E-state index in [0.29, 0.717) is 11.3 Å². The van der Waals surface area contributed by atoms with Crippen LogP contribution in [-0.4, -0.2) is 15.2 Å². The van der Waals surface area contributed by atoms with Gasteiger partial charge in [-0.05, 0) is 23.8 Å². The van der Waals surface area contributed by atoms with Crippen molar-refractivity contribution in [1.29, 1.82) is 0 Å². The van der Waals surface area contributed by atoms with Crippen LogP contribution in [0.1, 0.15) is 11.3 Å². The van der Waals surface area contributed by atoms with Crippen molar-refractivity contribution in [3.05, 3.63) is 41.9 Å². The first kappa shape index (κ1) is 15.3. The van der Waals surface area contributed by atoms with Crippen LogP contribution < -0.4 is 5.73 Å². The van der Waals surface area contributed by atoms with Gasteiger partial charge in [-0.25, -0.2) is 0 Å². The summed E-state index contributed by atoms with van der Waals surface area (Å²) in [4.78, 5) is 3.36. The van der Waals surface area contributed by atoms with E-state index < -0.39 is 11.9 Å². The quantitative estimate of drug-likeness (QED) is 0.922. The number of aromatic nitrogens is 3. The van der Waals surface area contributed by atoms with Gasteiger partial charge in [-0.3, -0.25) is 4.98 Å². The molecule has 2 aromatic rings. The number of pyridine rings is 1. The van der Waals surface area contributed by atoms with E-state index in [1.165, 1.54) is 12.3 Å². The summed E-state index contributed by atoms with van der Waals surface area (Å²) < 4.78 is 37.0. The smallest absolute Gasteiger partial charge is 0.326 e. The van der Waals surface area contributed by atoms with Gasteiger partial charge in [0.25, 0.3) is 0 Å². The molecule has 0 fully saturated rings. The average molecular weight is 291 g/mol. The molecule has 0 amide bonds. The summed E-state index contributed by atoms with van der Waals surface area (Å²) in [6, 6.07) is 3.88. The van der Waals surface area contributed by atoms with Gasteiger partial charge >= 0.3 is 6.18 Å². The molecule has 0 aromatic carbocycles. The molecule has 0 aliphatic rings. The molecule has 0 radical (unpaired) electrons. The first-order valence-corrected chi connectivity index (χ1v) is 5.06. The molecular weight excluding hydrogens is 281 g/mol. The van der Waals surface area contributed by atoms with Gasteiger partial charge in [0.1, 0.15) is 5.69 Å². The van der Waals surface area contributed by atoms with Crippen molar-refractivity contribution < 1.29 is 13.2 Å². The molecule has 8 heteroatoms. The highest BCUT2D eigenvalue weighted by Crippen LogP contribution is 2.28. The lowest BCUT2D eigenvalue weighted by Crippen LogP contribution is -2.07. The average Bonchev–Trinajstić information content (AvgIpc) is 2.38. The number of halogens is 4. The minimum Gasteiger partial charge on any atom is -0.326 e. The SMILES string of the molecule is Cl.NCc1cnnc(-c2ccc(C(F)(F)F)nc2)c1. The molecule has 19 heavy (non-hydrogen) atoms. The summed E-state index contributed by atoms with van der Waals surface area (Å²) in [5, 5.41) is 7.55. The fourth-order valence-electron chi connectivity index (χ4n) is 1.37. The molecule has 4 nitrogen and oxygen atoms in total. The first-order valence-electron chi connectivity index (χ1n) is 5.06. The van der Waals surface area contributed by atoms with Crippen LogP contribution in [0.4, 0.5) is 13.2 Å². The Morgan fingerprint density at radius 1 is 1.16 bits per heavy atom. The summed E-state index contributed by atoms with van der Waals surface area (Å²) in [5.74, 6) is 0. The Morgan fingerprint density at radius 2 is 1.89 bits per heavy atom. The van der Waals surface area contributed by atoms with Crippen LogP contribution in [0.5, 0.6) is 0 Å². The second-order valence-corrected chi connectivity index (χ2v) is 3.58. The maximum atomic E-state index is 12.3. The second-order valence-electron chi connectivity index (χ2n) is 3.58. The molecule has 0 unspecified atom stereocenters. The van der Waals surface area contributed by atoms with Crippen molar-refractivity contribution in [2.45, 2.75) is 12.7 Å². The van der Waals surface area contributed by atoms with E-state index in [0.717, 1.165) is 17.8 Å². The van der Waals surface area contributed by atoms with Crippen molar-refractivity contribution in [2.75, 3.05) is 0 Å². The molecule has 0 saturated heterocycles. The predicted octanol–water partition coefficient (Wildman–Crippen LogP) is 2.44. The van der Waals surface area contributed by atoms with E-state index in [9.17, 15) is 13.2 Å². The minimum atomic E-state index is -4.44. The van der Waals surface area contributed by atoms with Gasteiger partial charge in [0.05, 0.1) is 11.9 Å². The first-order chi connectivity index (χ1) is 8.50. The molecule has 0 bridgehead atoms. The summed E-state index contributed by atoms with van der Waals surface area (Å²) in [7, 11) is 0. The molecule has 2 aromatic heterocycles. The third kappa shape index (κ3) is 3.62. The fourth-order valence-corrected chi connectivity index (χ4v) is 1.37. The Balaban J connectivity index is 0.00000180. The van der Waals surface area contributed by atoms with Crippen molar-refractivity contribution in [1.82, 2.24) is 15.2 Å². The molecule has 102 valence electrons. The van der Waals surface area contributed by atoms with Crippen molar-refractivity contribution >= 4 is 12.4 Å². The number of hydrogen-bond acceptors (Lipinski definition) is 4. The topological polar surface area (TPSA) is 64.7 Å². The maximum absolute atomic E-state index is 12.3. The standard InChI is InChI=1S/C11H9F3N4.ClH/c12-11(13,14)10-2-1-8(6-16-10)9-3-7(4-15)5-17-18-9;/h1-3,5-6H,4,15H2;1H. The lowest BCUT2D eigenvalue weighted by atomic mass is 10.1. The lowest BCUT2D eigenvalue weighted by molar-refractivity contribution is -0.141. The van der Waals surface area contributed by atoms with Crippen LogP contribution in [0.3, 0.4) is 0 Å². The zero-order valence-corrected chi connectivity index (χ0v) is 10.4. The van der Waals surface area contributed by atoms with Gasteiger partial charge in [0.15, 0.2) is 0 Å². The molecule has 2 N–H and O–H groups in total. The largest absolute Gasteiger partial charge is 0.433 e. The molecular formula is C11H10ClF3N4. The van der Waals surface area contributed by atoms with Gasteiger partial charge in [-0.1, -0.05) is 0 Å². The molecule has 2 rings (SSSR count). The lowest BCUT2D eigenvalue weighted by Gasteiger charge is -2.06. The molecule has 0 aliphatic carbocycles. The molecule has 0 spiro atoms. The Kier molecular flexibility index (Phi) is 4.79. The van der Waals surface area contributed by atoms with Crippen molar-refractivity contribution in [2.24, 2.45) is 5.73 Å². The highest BCUT2D eigenvalue weighted by atomic mass is 35.5. The van der Waals surface area contributed by atoms with E-state index >= 15 is 0 Å². The van der Waals surface area contributed by atoms with Crippen LogP contribution in [0.2, 0.25) is 0 Å². The van der Waals surface area contributed by atoms with Crippen molar-refractivity contribution in [3.8, 4) is 11.3 Å². The highest BCUT2D eigenvalue weighted by molar-refractivity contribution is 5.85. The van der Waals surface area contributed by atoms with Gasteiger partial charge in [-0.15, -0.1) is 12.4 Å². The van der Waals surface area contributed by atoms with E-state index in [4.69, 9.17) is 5.73 Å². The van der Waals surface area contributed by atoms with E-state index in [-0.39, 0.29) is 19.0 Å². The van der Waals surface area contributed by atoms with Crippen LogP contribution in [0.25, 0.3) is 11.3 Å². The zero-order valence-electron chi connectivity index (χ0n) is 9.55. The summed E-state index contributed by atoms with van der Waals surface area (Å²) in [6.07, 6.45) is -1.82. The Labute approximate surface area is 113 Å². The maximum Gasteiger partial charge on any atom is 0.433 e. The van der Waals surface area contributed by atoms with Gasteiger partial charge < -0.3 is 5.73 Å². The minimum absolute atomic E-state index is 0. The second kappa shape index (κ2) is 5.94. The highest BCUT2D eigenvalue weighted by Gasteiger charge is 2.32. The normalized spacial score (nSPS) is 10.9. The van der Waals surface area contributed by atoms with Crippen LogP contribution in [0, 0.1) is 0 Å². The monoisotopic (exact) mass is 290 g/mol. The summed E-state index contributed by atoms with van der Waals surface area (Å²) >= 11 is 0. The number of hydrogen-bond donors (Lipinski definition) is 1. The van der Waals surface area contributed by atoms with Gasteiger partial charge in [0, 0.05) is 18.3 Å². The van der Waals surface area contributed by atoms with Gasteiger partial charge in [-0.2, -0.15) is 23.4 Å². The Hall–Kier alpha value is -1.73. The number of alkyl halides is 3. The predicted molar refractivity (Wildman–Crippen MR) is 65.4 cm³/mol. The fraction of sp³-hybridized carbons (Fsp3) is 0.182. The summed E-state index contributed by atoms with van der Waals surface area (Å²) in [6.45, 7) is 0.288. The third-order valence-electron chi connectivity index (χ3n) is 2.30. The molecule has 0 atom stereocenters. The third-order valence-corrected chi connectivity index (χ3v) is 2.30. The molecule has 0 saturated carbocycles.